The Morgan fingerprint density at radius 1 is 1.15 bits per heavy atom. The molecule has 4 rings (SSSR count). The van der Waals surface area contributed by atoms with Gasteiger partial charge in [0.05, 0.1) is 21.1 Å². The van der Waals surface area contributed by atoms with E-state index < -0.39 is 48.7 Å². The molecule has 16 heteroatoms. The second-order valence-corrected chi connectivity index (χ2v) is 9.80. The lowest BCUT2D eigenvalue weighted by Gasteiger charge is -2.18. The first-order chi connectivity index (χ1) is 18.2. The van der Waals surface area contributed by atoms with Crippen LogP contribution in [0.15, 0.2) is 47.2 Å². The molecular formula is C23H21BrCl2F3N3O7. The Morgan fingerprint density at radius 3 is 2.33 bits per heavy atom. The molecule has 0 radical (unpaired) electrons. The van der Waals surface area contributed by atoms with Crippen molar-refractivity contribution in [2.75, 3.05) is 6.61 Å². The SMILES string of the molecule is N[C@H](Cc1ccccc1)C(=O)OC[C@H]1O[C@@H](n2c(Br)nc3cc(Cl)c(Cl)cc32)[C@H](O)[C@@H]1O.O=C(O)C(F)(F)F. The van der Waals surface area contributed by atoms with Gasteiger partial charge in [-0.3, -0.25) is 9.36 Å². The van der Waals surface area contributed by atoms with Crippen LogP contribution >= 0.6 is 39.1 Å². The molecule has 0 unspecified atom stereocenters. The van der Waals surface area contributed by atoms with E-state index in [0.29, 0.717) is 32.2 Å². The molecule has 0 aliphatic carbocycles. The van der Waals surface area contributed by atoms with Gasteiger partial charge in [-0.15, -0.1) is 0 Å². The molecule has 5 atom stereocenters. The summed E-state index contributed by atoms with van der Waals surface area (Å²) in [4.78, 5) is 25.5. The number of rotatable bonds is 6. The number of hydrogen-bond donors (Lipinski definition) is 4. The molecule has 1 aliphatic rings. The molecule has 0 bridgehead atoms. The van der Waals surface area contributed by atoms with Crippen LogP contribution in [-0.4, -0.2) is 73.9 Å². The molecule has 1 aromatic heterocycles. The summed E-state index contributed by atoms with van der Waals surface area (Å²) in [6.45, 7) is -0.271. The smallest absolute Gasteiger partial charge is 0.475 e. The minimum absolute atomic E-state index is 0.271. The van der Waals surface area contributed by atoms with E-state index in [1.165, 1.54) is 0 Å². The second-order valence-electron chi connectivity index (χ2n) is 8.28. The molecule has 39 heavy (non-hydrogen) atoms. The lowest BCUT2D eigenvalue weighted by molar-refractivity contribution is -0.192. The van der Waals surface area contributed by atoms with Crippen molar-refractivity contribution in [1.29, 1.82) is 0 Å². The van der Waals surface area contributed by atoms with Crippen molar-refractivity contribution in [1.82, 2.24) is 9.55 Å². The summed E-state index contributed by atoms with van der Waals surface area (Å²) in [5.41, 5.74) is 7.92. The molecule has 3 aromatic rings. The van der Waals surface area contributed by atoms with Gasteiger partial charge < -0.3 is 30.5 Å². The molecule has 10 nitrogen and oxygen atoms in total. The molecule has 212 valence electrons. The number of carboxylic acids is 1. The number of aliphatic hydroxyl groups excluding tert-OH is 2. The Kier molecular flexibility index (Phi) is 10.2. The fourth-order valence-electron chi connectivity index (χ4n) is 3.61. The van der Waals surface area contributed by atoms with Crippen molar-refractivity contribution in [3.63, 3.8) is 0 Å². The molecule has 2 heterocycles. The van der Waals surface area contributed by atoms with E-state index in [9.17, 15) is 28.2 Å². The minimum Gasteiger partial charge on any atom is -0.475 e. The molecule has 1 aliphatic heterocycles. The number of nitrogens with two attached hydrogens (primary N) is 1. The number of esters is 1. The lowest BCUT2D eigenvalue weighted by Crippen LogP contribution is -2.38. The number of hydrogen-bond acceptors (Lipinski definition) is 8. The average Bonchev–Trinajstić information content (AvgIpc) is 3.32. The van der Waals surface area contributed by atoms with Crippen molar-refractivity contribution in [2.45, 2.75) is 43.2 Å². The minimum atomic E-state index is -5.08. The van der Waals surface area contributed by atoms with Crippen molar-refractivity contribution >= 4 is 62.1 Å². The third-order valence-corrected chi connectivity index (χ3v) is 6.80. The summed E-state index contributed by atoms with van der Waals surface area (Å²) < 4.78 is 44.7. The maximum Gasteiger partial charge on any atom is 0.490 e. The van der Waals surface area contributed by atoms with Gasteiger partial charge in [-0.1, -0.05) is 53.5 Å². The standard InChI is InChI=1S/C21H20BrCl2N3O5.C2HF3O2/c22-21-26-14-7-11(23)12(24)8-15(14)27(21)19-18(29)17(28)16(32-19)9-31-20(30)13(25)6-10-4-2-1-3-5-10;3-2(4,5)1(6)7/h1-5,7-8,13,16-19,28-29H,6,9,25H2;(H,6,7)/t13-,16-,17-,18-,19-;/m1./s1. The lowest BCUT2D eigenvalue weighted by atomic mass is 10.1. The van der Waals surface area contributed by atoms with Crippen LogP contribution < -0.4 is 5.73 Å². The highest BCUT2D eigenvalue weighted by molar-refractivity contribution is 9.10. The summed E-state index contributed by atoms with van der Waals surface area (Å²) >= 11 is 15.5. The predicted molar refractivity (Wildman–Crippen MR) is 136 cm³/mol. The van der Waals surface area contributed by atoms with Gasteiger partial charge in [0.1, 0.15) is 31.0 Å². The van der Waals surface area contributed by atoms with Gasteiger partial charge in [0.15, 0.2) is 11.0 Å². The number of nitrogens with zero attached hydrogens (tertiary/aromatic N) is 2. The predicted octanol–water partition coefficient (Wildman–Crippen LogP) is 3.47. The summed E-state index contributed by atoms with van der Waals surface area (Å²) in [5, 5.41) is 28.9. The summed E-state index contributed by atoms with van der Waals surface area (Å²) in [5.74, 6) is -3.38. The van der Waals surface area contributed by atoms with E-state index in [1.807, 2.05) is 30.3 Å². The van der Waals surface area contributed by atoms with E-state index in [0.717, 1.165) is 5.56 Å². The number of aliphatic hydroxyl groups is 2. The monoisotopic (exact) mass is 657 g/mol. The number of imidazole rings is 1. The number of alkyl halides is 3. The number of ether oxygens (including phenoxy) is 2. The number of carboxylic acid groups (broad SMARTS) is 1. The molecule has 2 aromatic carbocycles. The van der Waals surface area contributed by atoms with Crippen LogP contribution in [0.1, 0.15) is 11.8 Å². The third kappa shape index (κ3) is 7.60. The van der Waals surface area contributed by atoms with Gasteiger partial charge in [-0.2, -0.15) is 13.2 Å². The fraction of sp³-hybridized carbons (Fsp3) is 0.348. The van der Waals surface area contributed by atoms with Crippen LogP contribution in [0.2, 0.25) is 10.0 Å². The van der Waals surface area contributed by atoms with Crippen LogP contribution in [0.5, 0.6) is 0 Å². The normalized spacial score (nSPS) is 21.8. The second kappa shape index (κ2) is 12.8. The summed E-state index contributed by atoms with van der Waals surface area (Å²) in [6.07, 6.45) is -9.33. The number of carbonyl (C=O) groups is 2. The highest BCUT2D eigenvalue weighted by Gasteiger charge is 2.45. The van der Waals surface area contributed by atoms with Crippen molar-refractivity contribution in [3.05, 3.63) is 62.8 Å². The highest BCUT2D eigenvalue weighted by atomic mass is 79.9. The average molecular weight is 659 g/mol. The Morgan fingerprint density at radius 2 is 1.74 bits per heavy atom. The van der Waals surface area contributed by atoms with Gasteiger partial charge in [-0.05, 0) is 40.0 Å². The highest BCUT2D eigenvalue weighted by Crippen LogP contribution is 2.37. The van der Waals surface area contributed by atoms with E-state index >= 15 is 0 Å². The Balaban J connectivity index is 0.000000532. The molecule has 1 saturated heterocycles. The first-order valence-electron chi connectivity index (χ1n) is 11.0. The number of halogens is 6. The van der Waals surface area contributed by atoms with Crippen molar-refractivity contribution in [3.8, 4) is 0 Å². The van der Waals surface area contributed by atoms with Crippen molar-refractivity contribution < 1.29 is 47.6 Å². The summed E-state index contributed by atoms with van der Waals surface area (Å²) in [6, 6.07) is 11.6. The number of carbonyl (C=O) groups excluding carboxylic acids is 1. The molecule has 0 saturated carbocycles. The maximum absolute atomic E-state index is 12.3. The van der Waals surface area contributed by atoms with E-state index in [4.69, 9.17) is 48.3 Å². The Bertz CT molecular complexity index is 1330. The fourth-order valence-corrected chi connectivity index (χ4v) is 4.51. The van der Waals surface area contributed by atoms with Gasteiger partial charge in [0.25, 0.3) is 0 Å². The zero-order valence-electron chi connectivity index (χ0n) is 19.6. The van der Waals surface area contributed by atoms with Crippen molar-refractivity contribution in [2.24, 2.45) is 5.73 Å². The zero-order chi connectivity index (χ0) is 29.1. The first-order valence-corrected chi connectivity index (χ1v) is 12.6. The zero-order valence-corrected chi connectivity index (χ0v) is 22.7. The number of aliphatic carboxylic acids is 1. The first kappa shape index (κ1) is 31.1. The van der Waals surface area contributed by atoms with Gasteiger partial charge in [-0.25, -0.2) is 9.78 Å². The van der Waals surface area contributed by atoms with Crippen LogP contribution in [0, 0.1) is 0 Å². The largest absolute Gasteiger partial charge is 0.490 e. The number of benzene rings is 2. The maximum atomic E-state index is 12.3. The Hall–Kier alpha value is -2.46. The summed E-state index contributed by atoms with van der Waals surface area (Å²) in [7, 11) is 0. The molecule has 0 spiro atoms. The number of fused-ring (bicyclic) bond motifs is 1. The molecular weight excluding hydrogens is 638 g/mol. The quantitative estimate of drug-likeness (QED) is 0.291. The van der Waals surface area contributed by atoms with Gasteiger partial charge in [0, 0.05) is 0 Å². The topological polar surface area (TPSA) is 157 Å². The van der Waals surface area contributed by atoms with Crippen LogP contribution in [0.4, 0.5) is 13.2 Å². The van der Waals surface area contributed by atoms with Crippen LogP contribution in [0.25, 0.3) is 11.0 Å². The molecule has 1 fully saturated rings. The van der Waals surface area contributed by atoms with Gasteiger partial charge >= 0.3 is 18.1 Å². The van der Waals surface area contributed by atoms with Gasteiger partial charge in [0.2, 0.25) is 0 Å². The van der Waals surface area contributed by atoms with E-state index in [-0.39, 0.29) is 6.61 Å². The van der Waals surface area contributed by atoms with Crippen LogP contribution in [-0.2, 0) is 25.5 Å². The van der Waals surface area contributed by atoms with E-state index in [1.54, 1.807) is 16.7 Å². The molecule has 5 N–H and O–H groups in total. The van der Waals surface area contributed by atoms with E-state index in [2.05, 4.69) is 20.9 Å². The van der Waals surface area contributed by atoms with Crippen LogP contribution in [0.3, 0.4) is 0 Å². The molecule has 0 amide bonds. The Labute approximate surface area is 237 Å². The third-order valence-electron chi connectivity index (χ3n) is 5.51. The number of aromatic nitrogens is 2.